The van der Waals surface area contributed by atoms with Crippen molar-refractivity contribution in [2.45, 2.75) is 58.1 Å². The minimum Gasteiger partial charge on any atom is -0.411 e. The highest BCUT2D eigenvalue weighted by molar-refractivity contribution is 6.48. The van der Waals surface area contributed by atoms with Gasteiger partial charge >= 0.3 is 7.12 Å². The summed E-state index contributed by atoms with van der Waals surface area (Å²) in [6.07, 6.45) is 0.595. The van der Waals surface area contributed by atoms with Crippen LogP contribution in [-0.2, 0) is 9.31 Å². The first-order valence-electron chi connectivity index (χ1n) is 7.35. The van der Waals surface area contributed by atoms with E-state index in [1.54, 1.807) is 6.92 Å². The van der Waals surface area contributed by atoms with E-state index in [0.29, 0.717) is 12.1 Å². The van der Waals surface area contributed by atoms with Gasteiger partial charge in [-0.25, -0.2) is 0 Å². The first-order chi connectivity index (χ1) is 9.77. The van der Waals surface area contributed by atoms with Crippen molar-refractivity contribution < 1.29 is 14.5 Å². The Balaban J connectivity index is 2.29. The van der Waals surface area contributed by atoms with Crippen molar-refractivity contribution in [2.24, 2.45) is 5.16 Å². The van der Waals surface area contributed by atoms with Crippen LogP contribution in [-0.4, -0.2) is 29.2 Å². The average molecular weight is 289 g/mol. The fourth-order valence-corrected chi connectivity index (χ4v) is 2.48. The minimum atomic E-state index is -0.366. The number of hydrogen-bond donors (Lipinski definition) is 1. The predicted octanol–water partition coefficient (Wildman–Crippen LogP) is 3.64. The molecule has 0 saturated carbocycles. The third kappa shape index (κ3) is 3.30. The molecule has 0 amide bonds. The van der Waals surface area contributed by atoms with E-state index in [1.807, 2.05) is 45.9 Å². The second-order valence-electron chi connectivity index (χ2n) is 6.68. The summed E-state index contributed by atoms with van der Waals surface area (Å²) in [5, 5.41) is 12.3. The van der Waals surface area contributed by atoms with Gasteiger partial charge in [-0.3, -0.25) is 0 Å². The number of benzene rings is 1. The summed E-state index contributed by atoms with van der Waals surface area (Å²) < 4.78 is 12.3. The van der Waals surface area contributed by atoms with Crippen LogP contribution in [0.15, 0.2) is 35.5 Å². The van der Waals surface area contributed by atoms with Crippen LogP contribution in [0.4, 0.5) is 0 Å². The molecule has 0 aliphatic carbocycles. The summed E-state index contributed by atoms with van der Waals surface area (Å²) in [5.41, 5.74) is 1.06. The fraction of sp³-hybridized carbons (Fsp3) is 0.562. The van der Waals surface area contributed by atoms with Crippen molar-refractivity contribution in [2.75, 3.05) is 0 Å². The van der Waals surface area contributed by atoms with Gasteiger partial charge in [0.2, 0.25) is 0 Å². The maximum Gasteiger partial charge on any atom is 0.466 e. The number of hydrogen-bond acceptors (Lipinski definition) is 4. The van der Waals surface area contributed by atoms with Crippen LogP contribution in [0.3, 0.4) is 0 Å². The van der Waals surface area contributed by atoms with Gasteiger partial charge < -0.3 is 14.5 Å². The van der Waals surface area contributed by atoms with Crippen LogP contribution >= 0.6 is 0 Å². The molecule has 1 aliphatic heterocycles. The Morgan fingerprint density at radius 2 is 1.67 bits per heavy atom. The van der Waals surface area contributed by atoms with E-state index in [4.69, 9.17) is 14.5 Å². The number of nitrogens with zero attached hydrogens (tertiary/aromatic N) is 1. The minimum absolute atomic E-state index is 0.00292. The lowest BCUT2D eigenvalue weighted by Crippen LogP contribution is -2.41. The molecule has 1 unspecified atom stereocenters. The van der Waals surface area contributed by atoms with Gasteiger partial charge in [-0.1, -0.05) is 35.5 Å². The van der Waals surface area contributed by atoms with E-state index in [0.717, 1.165) is 5.56 Å². The second-order valence-corrected chi connectivity index (χ2v) is 6.68. The van der Waals surface area contributed by atoms with E-state index in [1.165, 1.54) is 0 Å². The van der Waals surface area contributed by atoms with Crippen molar-refractivity contribution in [3.05, 3.63) is 35.9 Å². The molecule has 1 aromatic carbocycles. The second kappa shape index (κ2) is 5.81. The quantitative estimate of drug-likeness (QED) is 0.398. The number of rotatable bonds is 4. The van der Waals surface area contributed by atoms with Crippen LogP contribution < -0.4 is 0 Å². The Morgan fingerprint density at radius 3 is 2.14 bits per heavy atom. The van der Waals surface area contributed by atoms with Gasteiger partial charge in [0.15, 0.2) is 0 Å². The van der Waals surface area contributed by atoms with E-state index in [9.17, 15) is 0 Å². The zero-order valence-corrected chi connectivity index (χ0v) is 13.5. The van der Waals surface area contributed by atoms with E-state index in [-0.39, 0.29) is 24.1 Å². The molecule has 0 bridgehead atoms. The molecule has 1 aromatic rings. The first kappa shape index (κ1) is 16.1. The van der Waals surface area contributed by atoms with Gasteiger partial charge in [0.25, 0.3) is 0 Å². The lowest BCUT2D eigenvalue weighted by Gasteiger charge is -2.32. The number of oxime groups is 1. The zero-order valence-electron chi connectivity index (χ0n) is 13.5. The van der Waals surface area contributed by atoms with Crippen LogP contribution in [0.2, 0.25) is 0 Å². The molecule has 1 fully saturated rings. The fourth-order valence-electron chi connectivity index (χ4n) is 2.48. The third-order valence-corrected chi connectivity index (χ3v) is 4.51. The summed E-state index contributed by atoms with van der Waals surface area (Å²) >= 11 is 0. The van der Waals surface area contributed by atoms with Crippen LogP contribution in [0.25, 0.3) is 0 Å². The van der Waals surface area contributed by atoms with E-state index < -0.39 is 0 Å². The normalized spacial score (nSPS) is 22.3. The van der Waals surface area contributed by atoms with Gasteiger partial charge in [-0.2, -0.15) is 0 Å². The van der Waals surface area contributed by atoms with E-state index >= 15 is 0 Å². The van der Waals surface area contributed by atoms with Gasteiger partial charge in [0.05, 0.1) is 16.9 Å². The molecule has 21 heavy (non-hydrogen) atoms. The highest BCUT2D eigenvalue weighted by Gasteiger charge is 2.53. The van der Waals surface area contributed by atoms with Crippen molar-refractivity contribution in [1.82, 2.24) is 0 Å². The molecule has 114 valence electrons. The predicted molar refractivity (Wildman–Crippen MR) is 84.8 cm³/mol. The van der Waals surface area contributed by atoms with Gasteiger partial charge in [-0.15, -0.1) is 0 Å². The Bertz CT molecular complexity index is 498. The first-order valence-corrected chi connectivity index (χ1v) is 7.35. The van der Waals surface area contributed by atoms with Crippen LogP contribution in [0.5, 0.6) is 0 Å². The monoisotopic (exact) mass is 289 g/mol. The maximum absolute atomic E-state index is 8.99. The van der Waals surface area contributed by atoms with Crippen molar-refractivity contribution in [1.29, 1.82) is 0 Å². The molecule has 5 heteroatoms. The molecule has 1 N–H and O–H groups in total. The molecule has 0 radical (unpaired) electrons. The van der Waals surface area contributed by atoms with Crippen molar-refractivity contribution in [3.8, 4) is 0 Å². The molecule has 1 saturated heterocycles. The largest absolute Gasteiger partial charge is 0.466 e. The Morgan fingerprint density at radius 1 is 1.14 bits per heavy atom. The third-order valence-electron chi connectivity index (χ3n) is 4.51. The zero-order chi connectivity index (χ0) is 15.7. The lowest BCUT2D eigenvalue weighted by molar-refractivity contribution is 0.00578. The molecule has 2 rings (SSSR count). The lowest BCUT2D eigenvalue weighted by atomic mass is 9.65. The standard InChI is InChI=1S/C16H24BNO3/c1-12(18-19)11-14(13-9-7-6-8-10-13)17-20-15(2,3)16(4,5)21-17/h6-10,14,19H,11H2,1-5H3/b18-12+. The van der Waals surface area contributed by atoms with Crippen molar-refractivity contribution in [3.63, 3.8) is 0 Å². The van der Waals surface area contributed by atoms with Gasteiger partial charge in [0, 0.05) is 5.82 Å². The average Bonchev–Trinajstić information content (AvgIpc) is 2.65. The molecule has 4 nitrogen and oxygen atoms in total. The maximum atomic E-state index is 8.99. The SMILES string of the molecule is C/C(CC(B1OC(C)(C)C(C)(C)O1)c1ccccc1)=N\O. The van der Waals surface area contributed by atoms with Crippen LogP contribution in [0.1, 0.15) is 52.4 Å². The molecule has 1 aliphatic rings. The Hall–Kier alpha value is -1.33. The highest BCUT2D eigenvalue weighted by Crippen LogP contribution is 2.41. The van der Waals surface area contributed by atoms with E-state index in [2.05, 4.69) is 17.3 Å². The van der Waals surface area contributed by atoms with Crippen LogP contribution in [0, 0.1) is 0 Å². The molecule has 0 aromatic heterocycles. The smallest absolute Gasteiger partial charge is 0.411 e. The molecular weight excluding hydrogens is 265 g/mol. The van der Waals surface area contributed by atoms with Crippen molar-refractivity contribution >= 4 is 12.8 Å². The Kier molecular flexibility index (Phi) is 4.44. The topological polar surface area (TPSA) is 51.0 Å². The molecule has 0 spiro atoms. The summed E-state index contributed by atoms with van der Waals surface area (Å²) in [7, 11) is -0.353. The molecule has 1 atom stereocenters. The molecule has 1 heterocycles. The summed E-state index contributed by atoms with van der Waals surface area (Å²) in [6.45, 7) is 9.98. The van der Waals surface area contributed by atoms with Gasteiger partial charge in [0.1, 0.15) is 0 Å². The van der Waals surface area contributed by atoms with Gasteiger partial charge in [-0.05, 0) is 46.6 Å². The molecular formula is C16H24BNO3. The summed E-state index contributed by atoms with van der Waals surface area (Å²) in [6, 6.07) is 10.1. The summed E-state index contributed by atoms with van der Waals surface area (Å²) in [5.74, 6) is 0.00292. The summed E-state index contributed by atoms with van der Waals surface area (Å²) in [4.78, 5) is 0. The highest BCUT2D eigenvalue weighted by atomic mass is 16.7. The Labute approximate surface area is 127 Å².